The molecule has 0 aromatic carbocycles. The molecule has 1 rings (SSSR count). The summed E-state index contributed by atoms with van der Waals surface area (Å²) in [5.41, 5.74) is 0.155. The molecule has 0 atom stereocenters. The van der Waals surface area contributed by atoms with Gasteiger partial charge in [-0.25, -0.2) is 0 Å². The van der Waals surface area contributed by atoms with Crippen LogP contribution in [0.2, 0.25) is 0 Å². The van der Waals surface area contributed by atoms with Crippen molar-refractivity contribution in [3.63, 3.8) is 0 Å². The second-order valence-electron chi connectivity index (χ2n) is 6.71. The third kappa shape index (κ3) is 6.21. The van der Waals surface area contributed by atoms with E-state index in [4.69, 9.17) is 0 Å². The fraction of sp³-hybridized carbons (Fsp3) is 0.722. The summed E-state index contributed by atoms with van der Waals surface area (Å²) in [5.74, 6) is 0.332. The third-order valence-electron chi connectivity index (χ3n) is 3.63. The lowest BCUT2D eigenvalue weighted by Gasteiger charge is -2.15. The van der Waals surface area contributed by atoms with Crippen LogP contribution in [-0.2, 0) is 5.41 Å². The van der Waals surface area contributed by atoms with Crippen LogP contribution in [0.5, 0.6) is 0 Å². The SMILES string of the molecule is CCCCCCCCCC(=O)c1ccc(C(C)(C)C)s1. The van der Waals surface area contributed by atoms with E-state index in [0.29, 0.717) is 5.78 Å². The molecule has 1 nitrogen and oxygen atoms in total. The zero-order valence-corrected chi connectivity index (χ0v) is 14.4. The first-order chi connectivity index (χ1) is 9.45. The molecule has 0 bridgehead atoms. The molecule has 0 aliphatic carbocycles. The van der Waals surface area contributed by atoms with Crippen molar-refractivity contribution in [3.8, 4) is 0 Å². The molecule has 0 saturated heterocycles. The molecular weight excluding hydrogens is 264 g/mol. The molecule has 2 heteroatoms. The molecular formula is C18H30OS. The number of hydrogen-bond acceptors (Lipinski definition) is 2. The summed E-state index contributed by atoms with van der Waals surface area (Å²) in [4.78, 5) is 14.4. The number of Topliss-reactive ketones (excluding diaryl/α,β-unsaturated/α-hetero) is 1. The van der Waals surface area contributed by atoms with Crippen LogP contribution in [0.25, 0.3) is 0 Å². The minimum absolute atomic E-state index is 0.155. The Bertz CT molecular complexity index is 398. The smallest absolute Gasteiger partial charge is 0.172 e. The highest BCUT2D eigenvalue weighted by molar-refractivity contribution is 7.14. The van der Waals surface area contributed by atoms with Gasteiger partial charge in [0.1, 0.15) is 0 Å². The summed E-state index contributed by atoms with van der Waals surface area (Å²) in [6, 6.07) is 4.12. The Morgan fingerprint density at radius 1 is 1.00 bits per heavy atom. The number of carbonyl (C=O) groups is 1. The van der Waals surface area contributed by atoms with Crippen molar-refractivity contribution in [2.45, 2.75) is 84.5 Å². The summed E-state index contributed by atoms with van der Waals surface area (Å²) in [6.07, 6.45) is 9.58. The van der Waals surface area contributed by atoms with E-state index in [-0.39, 0.29) is 5.41 Å². The second-order valence-corrected chi connectivity index (χ2v) is 7.79. The number of ketones is 1. The Hall–Kier alpha value is -0.630. The Balaban J connectivity index is 2.24. The molecule has 0 aliphatic heterocycles. The van der Waals surface area contributed by atoms with Gasteiger partial charge in [-0.3, -0.25) is 4.79 Å². The summed E-state index contributed by atoms with van der Waals surface area (Å²) >= 11 is 1.67. The van der Waals surface area contributed by atoms with E-state index < -0.39 is 0 Å². The van der Waals surface area contributed by atoms with Crippen LogP contribution in [-0.4, -0.2) is 5.78 Å². The van der Waals surface area contributed by atoms with Gasteiger partial charge in [0.2, 0.25) is 0 Å². The van der Waals surface area contributed by atoms with E-state index in [1.807, 2.05) is 6.07 Å². The molecule has 114 valence electrons. The van der Waals surface area contributed by atoms with Gasteiger partial charge in [-0.2, -0.15) is 0 Å². The van der Waals surface area contributed by atoms with Crippen molar-refractivity contribution in [1.82, 2.24) is 0 Å². The van der Waals surface area contributed by atoms with E-state index in [1.165, 1.54) is 43.4 Å². The Kier molecular flexibility index (Phi) is 7.50. The van der Waals surface area contributed by atoms with E-state index in [1.54, 1.807) is 11.3 Å². The highest BCUT2D eigenvalue weighted by atomic mass is 32.1. The molecule has 0 radical (unpaired) electrons. The van der Waals surface area contributed by atoms with Crippen LogP contribution in [0, 0.1) is 0 Å². The first-order valence-corrected chi connectivity index (χ1v) is 8.90. The molecule has 20 heavy (non-hydrogen) atoms. The first kappa shape index (κ1) is 17.4. The van der Waals surface area contributed by atoms with Crippen molar-refractivity contribution >= 4 is 17.1 Å². The van der Waals surface area contributed by atoms with E-state index in [0.717, 1.165) is 17.7 Å². The summed E-state index contributed by atoms with van der Waals surface area (Å²) in [5, 5.41) is 0. The minimum Gasteiger partial charge on any atom is -0.293 e. The number of rotatable bonds is 9. The summed E-state index contributed by atoms with van der Waals surface area (Å²) in [7, 11) is 0. The molecule has 0 saturated carbocycles. The van der Waals surface area contributed by atoms with Crippen molar-refractivity contribution in [2.24, 2.45) is 0 Å². The average Bonchev–Trinajstić information content (AvgIpc) is 2.87. The molecule has 0 unspecified atom stereocenters. The van der Waals surface area contributed by atoms with Gasteiger partial charge in [0.05, 0.1) is 4.88 Å². The number of hydrogen-bond donors (Lipinski definition) is 0. The predicted molar refractivity (Wildman–Crippen MR) is 90.0 cm³/mol. The summed E-state index contributed by atoms with van der Waals surface area (Å²) < 4.78 is 0. The average molecular weight is 295 g/mol. The molecule has 0 N–H and O–H groups in total. The van der Waals surface area contributed by atoms with Gasteiger partial charge in [0, 0.05) is 11.3 Å². The molecule has 1 aromatic heterocycles. The lowest BCUT2D eigenvalue weighted by molar-refractivity contribution is 0.0983. The van der Waals surface area contributed by atoms with Gasteiger partial charge < -0.3 is 0 Å². The number of unbranched alkanes of at least 4 members (excludes halogenated alkanes) is 6. The molecule has 1 aromatic rings. The maximum atomic E-state index is 12.1. The Morgan fingerprint density at radius 2 is 1.60 bits per heavy atom. The zero-order valence-electron chi connectivity index (χ0n) is 13.6. The fourth-order valence-corrected chi connectivity index (χ4v) is 3.29. The van der Waals surface area contributed by atoms with Crippen LogP contribution < -0.4 is 0 Å². The van der Waals surface area contributed by atoms with Crippen molar-refractivity contribution in [3.05, 3.63) is 21.9 Å². The molecule has 1 heterocycles. The van der Waals surface area contributed by atoms with Crippen molar-refractivity contribution in [2.75, 3.05) is 0 Å². The topological polar surface area (TPSA) is 17.1 Å². The van der Waals surface area contributed by atoms with Crippen molar-refractivity contribution < 1.29 is 4.79 Å². The van der Waals surface area contributed by atoms with Crippen LogP contribution in [0.3, 0.4) is 0 Å². The fourth-order valence-electron chi connectivity index (χ4n) is 2.26. The maximum absolute atomic E-state index is 12.1. The third-order valence-corrected chi connectivity index (χ3v) is 5.18. The standard InChI is InChI=1S/C18H30OS/c1-5-6-7-8-9-10-11-12-15(19)16-13-14-17(20-16)18(2,3)4/h13-14H,5-12H2,1-4H3. The zero-order chi connectivity index (χ0) is 15.0. The summed E-state index contributed by atoms with van der Waals surface area (Å²) in [6.45, 7) is 8.84. The van der Waals surface area contributed by atoms with Gasteiger partial charge >= 0.3 is 0 Å². The Morgan fingerprint density at radius 3 is 2.15 bits per heavy atom. The van der Waals surface area contributed by atoms with Gasteiger partial charge in [-0.1, -0.05) is 66.2 Å². The first-order valence-electron chi connectivity index (χ1n) is 8.08. The molecule has 0 aliphatic rings. The molecule has 0 spiro atoms. The lowest BCUT2D eigenvalue weighted by Crippen LogP contribution is -2.07. The van der Waals surface area contributed by atoms with E-state index >= 15 is 0 Å². The normalized spacial score (nSPS) is 11.8. The maximum Gasteiger partial charge on any atom is 0.172 e. The monoisotopic (exact) mass is 294 g/mol. The largest absolute Gasteiger partial charge is 0.293 e. The van der Waals surface area contributed by atoms with Gasteiger partial charge in [0.15, 0.2) is 5.78 Å². The van der Waals surface area contributed by atoms with E-state index in [2.05, 4.69) is 33.8 Å². The van der Waals surface area contributed by atoms with Crippen molar-refractivity contribution in [1.29, 1.82) is 0 Å². The van der Waals surface area contributed by atoms with Gasteiger partial charge in [-0.15, -0.1) is 11.3 Å². The molecule has 0 fully saturated rings. The number of thiophene rings is 1. The predicted octanol–water partition coefficient (Wildman–Crippen LogP) is 6.37. The second kappa shape index (κ2) is 8.61. The van der Waals surface area contributed by atoms with Crippen LogP contribution in [0.1, 0.15) is 93.6 Å². The van der Waals surface area contributed by atoms with Gasteiger partial charge in [0.25, 0.3) is 0 Å². The van der Waals surface area contributed by atoms with Gasteiger partial charge in [-0.05, 0) is 24.0 Å². The lowest BCUT2D eigenvalue weighted by atomic mass is 9.95. The number of carbonyl (C=O) groups excluding carboxylic acids is 1. The van der Waals surface area contributed by atoms with Crippen LogP contribution in [0.4, 0.5) is 0 Å². The highest BCUT2D eigenvalue weighted by Gasteiger charge is 2.18. The minimum atomic E-state index is 0.155. The highest BCUT2D eigenvalue weighted by Crippen LogP contribution is 2.30. The van der Waals surface area contributed by atoms with E-state index in [9.17, 15) is 4.79 Å². The Labute approximate surface area is 128 Å². The van der Waals surface area contributed by atoms with Crippen LogP contribution in [0.15, 0.2) is 12.1 Å². The quantitative estimate of drug-likeness (QED) is 0.382. The van der Waals surface area contributed by atoms with Crippen LogP contribution >= 0.6 is 11.3 Å². The molecule has 0 amide bonds.